The summed E-state index contributed by atoms with van der Waals surface area (Å²) in [6, 6.07) is 0. The first-order chi connectivity index (χ1) is 6.93. The van der Waals surface area contributed by atoms with Crippen molar-refractivity contribution in [2.75, 3.05) is 0 Å². The maximum absolute atomic E-state index is 11.8. The third-order valence-electron chi connectivity index (χ3n) is 2.76. The van der Waals surface area contributed by atoms with Gasteiger partial charge in [0.1, 0.15) is 0 Å². The van der Waals surface area contributed by atoms with Gasteiger partial charge in [-0.05, 0) is 12.8 Å². The maximum Gasteiger partial charge on any atom is 0.276 e. The number of hydrogen-bond acceptors (Lipinski definition) is 2. The van der Waals surface area contributed by atoms with Crippen molar-refractivity contribution in [3.63, 3.8) is 0 Å². The summed E-state index contributed by atoms with van der Waals surface area (Å²) >= 11 is 16.8. The van der Waals surface area contributed by atoms with Gasteiger partial charge in [0.25, 0.3) is 3.92 Å². The third-order valence-corrected chi connectivity index (χ3v) is 3.27. The second-order valence-electron chi connectivity index (χ2n) is 3.64. The number of allylic oxidation sites excluding steroid dienone is 2. The fourth-order valence-corrected chi connectivity index (χ4v) is 2.55. The number of hydrogen-bond donors (Lipinski definition) is 0. The van der Waals surface area contributed by atoms with Crippen LogP contribution in [0.2, 0.25) is 0 Å². The van der Waals surface area contributed by atoms with E-state index >= 15 is 0 Å². The van der Waals surface area contributed by atoms with Crippen molar-refractivity contribution in [3.05, 3.63) is 12.2 Å². The molecule has 0 radical (unpaired) electrons. The molecule has 1 fully saturated rings. The molecule has 0 aromatic heterocycles. The number of alkyl halides is 3. The number of rotatable bonds is 0. The number of carbonyl (C=O) groups is 2. The van der Waals surface area contributed by atoms with Gasteiger partial charge in [0.15, 0.2) is 0 Å². The normalized spacial score (nSPS) is 31.0. The van der Waals surface area contributed by atoms with Crippen LogP contribution >= 0.6 is 34.8 Å². The molecule has 0 spiro atoms. The number of likely N-dealkylation sites (tertiary alicyclic amines) is 1. The monoisotopic (exact) mass is 267 g/mol. The highest BCUT2D eigenvalue weighted by Crippen LogP contribution is 2.42. The van der Waals surface area contributed by atoms with Gasteiger partial charge >= 0.3 is 0 Å². The molecule has 2 rings (SSSR count). The predicted octanol–water partition coefficient (Wildman–Crippen LogP) is 2.27. The van der Waals surface area contributed by atoms with E-state index in [9.17, 15) is 9.59 Å². The van der Waals surface area contributed by atoms with Crippen molar-refractivity contribution < 1.29 is 9.59 Å². The first-order valence-corrected chi connectivity index (χ1v) is 5.66. The van der Waals surface area contributed by atoms with Crippen LogP contribution in [0.25, 0.3) is 0 Å². The quantitative estimate of drug-likeness (QED) is 0.292. The summed E-state index contributed by atoms with van der Waals surface area (Å²) in [6.45, 7) is 0. The summed E-state index contributed by atoms with van der Waals surface area (Å²) in [5, 5.41) is 0. The Balaban J connectivity index is 2.33. The van der Waals surface area contributed by atoms with Gasteiger partial charge in [0, 0.05) is 0 Å². The number of halogens is 3. The average Bonchev–Trinajstić information content (AvgIpc) is 2.39. The minimum Gasteiger partial charge on any atom is -0.274 e. The lowest BCUT2D eigenvalue weighted by molar-refractivity contribution is -0.140. The summed E-state index contributed by atoms with van der Waals surface area (Å²) < 4.78 is -1.97. The van der Waals surface area contributed by atoms with Crippen molar-refractivity contribution >= 4 is 46.6 Å². The fourth-order valence-electron chi connectivity index (χ4n) is 2.05. The summed E-state index contributed by atoms with van der Waals surface area (Å²) in [6.07, 6.45) is 4.86. The Hall–Kier alpha value is -0.250. The molecular weight excluding hydrogens is 260 g/mol. The Bertz CT molecular complexity index is 322. The molecule has 1 aliphatic carbocycles. The third kappa shape index (κ3) is 1.77. The van der Waals surface area contributed by atoms with Crippen LogP contribution in [0, 0.1) is 11.8 Å². The topological polar surface area (TPSA) is 37.4 Å². The van der Waals surface area contributed by atoms with E-state index in [0.29, 0.717) is 12.8 Å². The molecule has 2 atom stereocenters. The van der Waals surface area contributed by atoms with E-state index in [2.05, 4.69) is 0 Å². The molecule has 1 aliphatic heterocycles. The second-order valence-corrected chi connectivity index (χ2v) is 5.86. The van der Waals surface area contributed by atoms with Crippen molar-refractivity contribution in [3.8, 4) is 0 Å². The minimum absolute atomic E-state index is 0.349. The molecule has 6 heteroatoms. The molecule has 2 aliphatic rings. The van der Waals surface area contributed by atoms with Gasteiger partial charge in [-0.25, -0.2) is 4.90 Å². The largest absolute Gasteiger partial charge is 0.276 e. The predicted molar refractivity (Wildman–Crippen MR) is 57.5 cm³/mol. The molecule has 82 valence electrons. The Morgan fingerprint density at radius 2 is 1.47 bits per heavy atom. The van der Waals surface area contributed by atoms with Gasteiger partial charge in [0.05, 0.1) is 11.8 Å². The lowest BCUT2D eigenvalue weighted by Gasteiger charge is -2.22. The minimum atomic E-state index is -1.97. The Labute approximate surface area is 102 Å². The van der Waals surface area contributed by atoms with E-state index in [1.54, 1.807) is 0 Å². The van der Waals surface area contributed by atoms with Crippen LogP contribution in [-0.4, -0.2) is 20.6 Å². The molecule has 1 saturated heterocycles. The zero-order valence-corrected chi connectivity index (χ0v) is 9.89. The van der Waals surface area contributed by atoms with Crippen LogP contribution in [0.3, 0.4) is 0 Å². The molecule has 0 aromatic rings. The number of carbonyl (C=O) groups excluding carboxylic acids is 2. The standard InChI is InChI=1S/C9H8Cl3NO2/c10-9(11,12)13-7(14)5-3-1-2-4-6(5)8(13)15/h1-2,5-6H,3-4H2. The highest BCUT2D eigenvalue weighted by Gasteiger charge is 2.53. The lowest BCUT2D eigenvalue weighted by atomic mass is 9.85. The molecule has 0 N–H and O–H groups in total. The van der Waals surface area contributed by atoms with Gasteiger partial charge in [0.2, 0.25) is 11.8 Å². The van der Waals surface area contributed by atoms with Crippen LogP contribution in [0.5, 0.6) is 0 Å². The molecule has 0 aromatic carbocycles. The molecule has 0 bridgehead atoms. The Morgan fingerprint density at radius 1 is 1.07 bits per heavy atom. The van der Waals surface area contributed by atoms with E-state index in [0.717, 1.165) is 4.90 Å². The van der Waals surface area contributed by atoms with E-state index in [4.69, 9.17) is 34.8 Å². The van der Waals surface area contributed by atoms with Gasteiger partial charge in [-0.15, -0.1) is 0 Å². The first-order valence-electron chi connectivity index (χ1n) is 4.52. The van der Waals surface area contributed by atoms with E-state index in [1.807, 2.05) is 12.2 Å². The van der Waals surface area contributed by atoms with E-state index in [-0.39, 0.29) is 23.7 Å². The lowest BCUT2D eigenvalue weighted by Crippen LogP contribution is -2.40. The van der Waals surface area contributed by atoms with Crippen molar-refractivity contribution in [1.29, 1.82) is 0 Å². The summed E-state index contributed by atoms with van der Waals surface area (Å²) in [5.74, 6) is -1.46. The molecule has 1 heterocycles. The van der Waals surface area contributed by atoms with Gasteiger partial charge < -0.3 is 0 Å². The first kappa shape index (κ1) is 11.2. The van der Waals surface area contributed by atoms with Crippen LogP contribution in [0.4, 0.5) is 0 Å². The van der Waals surface area contributed by atoms with Gasteiger partial charge in [-0.2, -0.15) is 0 Å². The van der Waals surface area contributed by atoms with Gasteiger partial charge in [-0.1, -0.05) is 47.0 Å². The second kappa shape index (κ2) is 3.65. The molecular formula is C9H8Cl3NO2. The molecule has 0 saturated carbocycles. The number of imide groups is 1. The fraction of sp³-hybridized carbons (Fsp3) is 0.556. The SMILES string of the molecule is O=C1C2CC=CCC2C(=O)N1C(Cl)(Cl)Cl. The number of fused-ring (bicyclic) bond motifs is 1. The summed E-state index contributed by atoms with van der Waals surface area (Å²) in [7, 11) is 0. The van der Waals surface area contributed by atoms with Crippen LogP contribution in [0.1, 0.15) is 12.8 Å². The van der Waals surface area contributed by atoms with E-state index in [1.165, 1.54) is 0 Å². The summed E-state index contributed by atoms with van der Waals surface area (Å²) in [4.78, 5) is 24.4. The zero-order chi connectivity index (χ0) is 11.2. The average molecular weight is 269 g/mol. The number of amides is 2. The van der Waals surface area contributed by atoms with E-state index < -0.39 is 3.92 Å². The molecule has 2 unspecified atom stereocenters. The summed E-state index contributed by atoms with van der Waals surface area (Å²) in [5.41, 5.74) is 0. The van der Waals surface area contributed by atoms with Crippen molar-refractivity contribution in [2.45, 2.75) is 16.8 Å². The maximum atomic E-state index is 11.8. The van der Waals surface area contributed by atoms with Crippen molar-refractivity contribution in [2.24, 2.45) is 11.8 Å². The highest BCUT2D eigenvalue weighted by atomic mass is 35.6. The molecule has 2 amide bonds. The van der Waals surface area contributed by atoms with Gasteiger partial charge in [-0.3, -0.25) is 9.59 Å². The van der Waals surface area contributed by atoms with Crippen LogP contribution in [-0.2, 0) is 9.59 Å². The Morgan fingerprint density at radius 3 is 1.80 bits per heavy atom. The Kier molecular flexibility index (Phi) is 2.73. The van der Waals surface area contributed by atoms with Crippen molar-refractivity contribution in [1.82, 2.24) is 4.90 Å². The van der Waals surface area contributed by atoms with Crippen LogP contribution in [0.15, 0.2) is 12.2 Å². The van der Waals surface area contributed by atoms with Crippen LogP contribution < -0.4 is 0 Å². The smallest absolute Gasteiger partial charge is 0.274 e. The molecule has 3 nitrogen and oxygen atoms in total. The zero-order valence-electron chi connectivity index (χ0n) is 7.62. The number of nitrogens with zero attached hydrogens (tertiary/aromatic N) is 1. The highest BCUT2D eigenvalue weighted by molar-refractivity contribution is 6.68. The molecule has 15 heavy (non-hydrogen) atoms.